The predicted molar refractivity (Wildman–Crippen MR) is 90.3 cm³/mol. The summed E-state index contributed by atoms with van der Waals surface area (Å²) in [4.78, 5) is 22.2. The van der Waals surface area contributed by atoms with Gasteiger partial charge in [0.25, 0.3) is 0 Å². The van der Waals surface area contributed by atoms with Crippen molar-refractivity contribution in [3.05, 3.63) is 70.3 Å². The maximum absolute atomic E-state index is 11.3. The van der Waals surface area contributed by atoms with Crippen molar-refractivity contribution in [1.29, 1.82) is 0 Å². The third-order valence-corrected chi connectivity index (χ3v) is 3.39. The smallest absolute Gasteiger partial charge is 0.335 e. The van der Waals surface area contributed by atoms with E-state index < -0.39 is 11.9 Å². The second kappa shape index (κ2) is 8.73. The number of hydrogen-bond acceptors (Lipinski definition) is 2. The van der Waals surface area contributed by atoms with Gasteiger partial charge in [0.15, 0.2) is 0 Å². The fourth-order valence-corrected chi connectivity index (χ4v) is 2.16. The minimum atomic E-state index is -1.12. The largest absolute Gasteiger partial charge is 0.478 e. The Bertz CT molecular complexity index is 672. The van der Waals surface area contributed by atoms with E-state index in [1.807, 2.05) is 45.0 Å². The normalized spacial score (nSPS) is 9.70. The minimum Gasteiger partial charge on any atom is -0.478 e. The van der Waals surface area contributed by atoms with Crippen molar-refractivity contribution in [2.45, 2.75) is 33.6 Å². The fourth-order valence-electron chi connectivity index (χ4n) is 2.16. The fraction of sp³-hybridized carbons (Fsp3) is 0.263. The molecule has 2 aromatic carbocycles. The Morgan fingerprint density at radius 1 is 0.870 bits per heavy atom. The van der Waals surface area contributed by atoms with Crippen molar-refractivity contribution in [2.24, 2.45) is 0 Å². The molecule has 0 saturated heterocycles. The molecule has 2 N–H and O–H groups in total. The lowest BCUT2D eigenvalue weighted by Crippen LogP contribution is -2.07. The van der Waals surface area contributed by atoms with E-state index in [-0.39, 0.29) is 11.1 Å². The van der Waals surface area contributed by atoms with Crippen LogP contribution in [-0.2, 0) is 12.8 Å². The Kier molecular flexibility index (Phi) is 7.00. The number of aromatic carboxylic acids is 2. The number of carboxylic acids is 2. The lowest BCUT2D eigenvalue weighted by Gasteiger charge is -2.08. The zero-order valence-corrected chi connectivity index (χ0v) is 13.7. The summed E-state index contributed by atoms with van der Waals surface area (Å²) in [5.41, 5.74) is 3.00. The summed E-state index contributed by atoms with van der Waals surface area (Å²) < 4.78 is 0. The van der Waals surface area contributed by atoms with Crippen LogP contribution in [0.2, 0.25) is 0 Å². The Hall–Kier alpha value is -2.62. The monoisotopic (exact) mass is 314 g/mol. The topological polar surface area (TPSA) is 74.6 Å². The first-order valence-corrected chi connectivity index (χ1v) is 7.62. The second-order valence-electron chi connectivity index (χ2n) is 4.97. The van der Waals surface area contributed by atoms with Crippen LogP contribution in [0.25, 0.3) is 0 Å². The highest BCUT2D eigenvalue weighted by molar-refractivity contribution is 5.94. The molecule has 0 atom stereocenters. The Balaban J connectivity index is 0.00000127. The summed E-state index contributed by atoms with van der Waals surface area (Å²) >= 11 is 0. The van der Waals surface area contributed by atoms with Crippen LogP contribution < -0.4 is 0 Å². The SMILES string of the molecule is CC.Cc1ccc(CCc2ccc(C(=O)O)cc2C(=O)O)cc1. The van der Waals surface area contributed by atoms with E-state index in [9.17, 15) is 14.7 Å². The average molecular weight is 314 g/mol. The average Bonchev–Trinajstić information content (AvgIpc) is 2.56. The molecule has 0 aliphatic rings. The first kappa shape index (κ1) is 18.4. The molecule has 23 heavy (non-hydrogen) atoms. The van der Waals surface area contributed by atoms with Crippen molar-refractivity contribution in [1.82, 2.24) is 0 Å². The van der Waals surface area contributed by atoms with Gasteiger partial charge >= 0.3 is 11.9 Å². The molecule has 0 heterocycles. The second-order valence-corrected chi connectivity index (χ2v) is 4.97. The van der Waals surface area contributed by atoms with Crippen LogP contribution in [0.1, 0.15) is 51.3 Å². The van der Waals surface area contributed by atoms with Gasteiger partial charge in [-0.15, -0.1) is 0 Å². The zero-order chi connectivity index (χ0) is 17.4. The standard InChI is InChI=1S/C17H16O4.C2H6/c1-11-2-4-12(5-3-11)6-7-13-8-9-14(16(18)19)10-15(13)17(20)21;1-2/h2-5,8-10H,6-7H2,1H3,(H,18,19)(H,20,21);1-2H3. The Labute approximate surface area is 136 Å². The molecule has 0 radical (unpaired) electrons. The van der Waals surface area contributed by atoms with Crippen molar-refractivity contribution < 1.29 is 19.8 Å². The summed E-state index contributed by atoms with van der Waals surface area (Å²) in [7, 11) is 0. The van der Waals surface area contributed by atoms with Crippen LogP contribution in [0, 0.1) is 6.92 Å². The molecular weight excluding hydrogens is 292 g/mol. The third kappa shape index (κ3) is 5.25. The summed E-state index contributed by atoms with van der Waals surface area (Å²) in [5.74, 6) is -2.22. The number of rotatable bonds is 5. The van der Waals surface area contributed by atoms with E-state index in [4.69, 9.17) is 5.11 Å². The molecule has 2 rings (SSSR count). The van der Waals surface area contributed by atoms with E-state index in [2.05, 4.69) is 0 Å². The first-order chi connectivity index (χ1) is 11.0. The van der Waals surface area contributed by atoms with Gasteiger partial charge < -0.3 is 10.2 Å². The molecule has 0 amide bonds. The van der Waals surface area contributed by atoms with Gasteiger partial charge in [-0.05, 0) is 43.0 Å². The number of aryl methyl sites for hydroxylation is 3. The molecule has 0 aliphatic heterocycles. The van der Waals surface area contributed by atoms with Gasteiger partial charge in [-0.2, -0.15) is 0 Å². The number of hydrogen-bond donors (Lipinski definition) is 2. The van der Waals surface area contributed by atoms with Crippen molar-refractivity contribution >= 4 is 11.9 Å². The van der Waals surface area contributed by atoms with Crippen LogP contribution in [0.4, 0.5) is 0 Å². The van der Waals surface area contributed by atoms with Crippen LogP contribution in [0.15, 0.2) is 42.5 Å². The van der Waals surface area contributed by atoms with E-state index in [0.717, 1.165) is 5.56 Å². The van der Waals surface area contributed by atoms with Crippen LogP contribution >= 0.6 is 0 Å². The van der Waals surface area contributed by atoms with E-state index in [1.165, 1.54) is 17.7 Å². The lowest BCUT2D eigenvalue weighted by atomic mass is 9.97. The molecule has 0 bridgehead atoms. The molecular formula is C19H22O4. The highest BCUT2D eigenvalue weighted by Gasteiger charge is 2.13. The third-order valence-electron chi connectivity index (χ3n) is 3.39. The molecule has 2 aromatic rings. The van der Waals surface area contributed by atoms with Crippen LogP contribution in [-0.4, -0.2) is 22.2 Å². The lowest BCUT2D eigenvalue weighted by molar-refractivity contribution is 0.0695. The van der Waals surface area contributed by atoms with E-state index in [0.29, 0.717) is 18.4 Å². The number of benzene rings is 2. The van der Waals surface area contributed by atoms with Gasteiger partial charge in [0.05, 0.1) is 11.1 Å². The molecule has 122 valence electrons. The van der Waals surface area contributed by atoms with Crippen molar-refractivity contribution in [2.75, 3.05) is 0 Å². The summed E-state index contributed by atoms with van der Waals surface area (Å²) in [6.07, 6.45) is 1.28. The van der Waals surface area contributed by atoms with Crippen LogP contribution in [0.5, 0.6) is 0 Å². The van der Waals surface area contributed by atoms with Gasteiger partial charge in [0.2, 0.25) is 0 Å². The predicted octanol–water partition coefficient (Wildman–Crippen LogP) is 4.20. The molecule has 0 unspecified atom stereocenters. The number of carbonyl (C=O) groups is 2. The van der Waals surface area contributed by atoms with Gasteiger partial charge in [0.1, 0.15) is 0 Å². The van der Waals surface area contributed by atoms with Gasteiger partial charge in [-0.25, -0.2) is 9.59 Å². The number of carboxylic acid groups (broad SMARTS) is 2. The highest BCUT2D eigenvalue weighted by atomic mass is 16.4. The molecule has 0 aromatic heterocycles. The first-order valence-electron chi connectivity index (χ1n) is 7.62. The Morgan fingerprint density at radius 2 is 1.48 bits per heavy atom. The molecule has 0 spiro atoms. The van der Waals surface area contributed by atoms with Crippen molar-refractivity contribution in [3.8, 4) is 0 Å². The molecule has 4 heteroatoms. The summed E-state index contributed by atoms with van der Waals surface area (Å²) in [6, 6.07) is 12.3. The maximum atomic E-state index is 11.3. The zero-order valence-electron chi connectivity index (χ0n) is 13.7. The van der Waals surface area contributed by atoms with E-state index >= 15 is 0 Å². The molecule has 0 fully saturated rings. The minimum absolute atomic E-state index is 0.00788. The summed E-state index contributed by atoms with van der Waals surface area (Å²) in [5, 5.41) is 18.1. The highest BCUT2D eigenvalue weighted by Crippen LogP contribution is 2.16. The summed E-state index contributed by atoms with van der Waals surface area (Å²) in [6.45, 7) is 6.01. The van der Waals surface area contributed by atoms with E-state index in [1.54, 1.807) is 6.07 Å². The molecule has 4 nitrogen and oxygen atoms in total. The quantitative estimate of drug-likeness (QED) is 0.867. The maximum Gasteiger partial charge on any atom is 0.335 e. The van der Waals surface area contributed by atoms with Crippen LogP contribution in [0.3, 0.4) is 0 Å². The molecule has 0 saturated carbocycles. The van der Waals surface area contributed by atoms with Crippen molar-refractivity contribution in [3.63, 3.8) is 0 Å². The molecule has 0 aliphatic carbocycles. The van der Waals surface area contributed by atoms with Gasteiger partial charge in [-0.1, -0.05) is 49.7 Å². The Morgan fingerprint density at radius 3 is 2.00 bits per heavy atom. The van der Waals surface area contributed by atoms with Gasteiger partial charge in [-0.3, -0.25) is 0 Å². The van der Waals surface area contributed by atoms with Gasteiger partial charge in [0, 0.05) is 0 Å².